The second-order valence-electron chi connectivity index (χ2n) is 5.00. The van der Waals surface area contributed by atoms with Crippen molar-refractivity contribution in [3.05, 3.63) is 22.4 Å². The molecule has 5 nitrogen and oxygen atoms in total. The molecule has 0 bridgehead atoms. The molecule has 1 aliphatic rings. The second-order valence-corrected chi connectivity index (χ2v) is 5.78. The van der Waals surface area contributed by atoms with Gasteiger partial charge in [-0.25, -0.2) is 4.79 Å². The highest BCUT2D eigenvalue weighted by Gasteiger charge is 2.34. The Morgan fingerprint density at radius 2 is 2.20 bits per heavy atom. The number of urea groups is 1. The van der Waals surface area contributed by atoms with Gasteiger partial charge in [0.05, 0.1) is 6.42 Å². The highest BCUT2D eigenvalue weighted by Crippen LogP contribution is 2.29. The summed E-state index contributed by atoms with van der Waals surface area (Å²) in [6, 6.07) is 2.31. The maximum Gasteiger partial charge on any atom is 0.320 e. The van der Waals surface area contributed by atoms with E-state index in [-0.39, 0.29) is 19.0 Å². The molecule has 20 heavy (non-hydrogen) atoms. The molecule has 6 heteroatoms. The van der Waals surface area contributed by atoms with Crippen LogP contribution in [0.1, 0.15) is 31.7 Å². The van der Waals surface area contributed by atoms with Crippen LogP contribution in [0, 0.1) is 0 Å². The number of thiophene rings is 1. The zero-order valence-electron chi connectivity index (χ0n) is 11.6. The topological polar surface area (TPSA) is 60.9 Å². The fourth-order valence-corrected chi connectivity index (χ4v) is 2.78. The lowest BCUT2D eigenvalue weighted by Gasteiger charge is -2.29. The molecule has 0 atom stereocenters. The van der Waals surface area contributed by atoms with E-state index in [9.17, 15) is 9.59 Å². The molecule has 0 aromatic carbocycles. The molecule has 0 unspecified atom stereocenters. The van der Waals surface area contributed by atoms with Gasteiger partial charge in [0.15, 0.2) is 0 Å². The molecular weight excluding hydrogens is 276 g/mol. The molecular formula is C14H20N2O3S. The first kappa shape index (κ1) is 14.8. The van der Waals surface area contributed by atoms with Gasteiger partial charge in [0.25, 0.3) is 0 Å². The molecule has 1 fully saturated rings. The minimum atomic E-state index is -0.868. The molecule has 1 saturated carbocycles. The predicted molar refractivity (Wildman–Crippen MR) is 77.8 cm³/mol. The van der Waals surface area contributed by atoms with Crippen LogP contribution in [0.25, 0.3) is 0 Å². The lowest BCUT2D eigenvalue weighted by atomic mass is 10.3. The Balaban J connectivity index is 1.99. The molecule has 110 valence electrons. The SMILES string of the molecule is CCN(CCC(=O)O)C(=O)N(Cc1ccsc1)C1CC1. The summed E-state index contributed by atoms with van der Waals surface area (Å²) < 4.78 is 0. The molecule has 1 aromatic rings. The van der Waals surface area contributed by atoms with Crippen LogP contribution in [0.2, 0.25) is 0 Å². The van der Waals surface area contributed by atoms with E-state index >= 15 is 0 Å². The molecule has 0 saturated heterocycles. The van der Waals surface area contributed by atoms with Crippen molar-refractivity contribution in [1.29, 1.82) is 0 Å². The molecule has 0 spiro atoms. The average molecular weight is 296 g/mol. The van der Waals surface area contributed by atoms with E-state index in [4.69, 9.17) is 5.11 Å². The van der Waals surface area contributed by atoms with Crippen molar-refractivity contribution in [3.63, 3.8) is 0 Å². The van der Waals surface area contributed by atoms with Crippen LogP contribution >= 0.6 is 11.3 Å². The summed E-state index contributed by atoms with van der Waals surface area (Å²) in [6.45, 7) is 3.32. The van der Waals surface area contributed by atoms with Gasteiger partial charge in [0, 0.05) is 25.7 Å². The summed E-state index contributed by atoms with van der Waals surface area (Å²) >= 11 is 1.62. The van der Waals surface area contributed by atoms with Crippen molar-refractivity contribution in [2.45, 2.75) is 38.8 Å². The van der Waals surface area contributed by atoms with Crippen molar-refractivity contribution >= 4 is 23.3 Å². The molecule has 2 rings (SSSR count). The molecule has 1 N–H and O–H groups in total. The number of carbonyl (C=O) groups excluding carboxylic acids is 1. The number of amides is 2. The highest BCUT2D eigenvalue weighted by atomic mass is 32.1. The Kier molecular flexibility index (Phi) is 5.00. The largest absolute Gasteiger partial charge is 0.481 e. The van der Waals surface area contributed by atoms with Crippen LogP contribution < -0.4 is 0 Å². The summed E-state index contributed by atoms with van der Waals surface area (Å²) in [5.41, 5.74) is 1.14. The maximum atomic E-state index is 12.6. The van der Waals surface area contributed by atoms with Crippen LogP contribution in [0.15, 0.2) is 16.8 Å². The summed E-state index contributed by atoms with van der Waals surface area (Å²) in [5.74, 6) is -0.868. The van der Waals surface area contributed by atoms with E-state index in [1.54, 1.807) is 16.2 Å². The molecule has 1 heterocycles. The third kappa shape index (κ3) is 3.96. The smallest absolute Gasteiger partial charge is 0.320 e. The fourth-order valence-electron chi connectivity index (χ4n) is 2.12. The van der Waals surface area contributed by atoms with Crippen LogP contribution in [-0.2, 0) is 11.3 Å². The molecule has 1 aromatic heterocycles. The minimum absolute atomic E-state index is 0.00343. The third-order valence-corrected chi connectivity index (χ3v) is 4.15. The van der Waals surface area contributed by atoms with Crippen molar-refractivity contribution in [1.82, 2.24) is 9.80 Å². The van der Waals surface area contributed by atoms with Crippen LogP contribution in [-0.4, -0.2) is 46.0 Å². The Bertz CT molecular complexity index is 457. The fraction of sp³-hybridized carbons (Fsp3) is 0.571. The van der Waals surface area contributed by atoms with Gasteiger partial charge in [0.1, 0.15) is 0 Å². The van der Waals surface area contributed by atoms with Gasteiger partial charge in [-0.3, -0.25) is 4.79 Å². The van der Waals surface area contributed by atoms with Crippen molar-refractivity contribution in [3.8, 4) is 0 Å². The van der Waals surface area contributed by atoms with E-state index in [1.807, 2.05) is 23.3 Å². The third-order valence-electron chi connectivity index (χ3n) is 3.41. The number of rotatable bonds is 7. The zero-order chi connectivity index (χ0) is 14.5. The van der Waals surface area contributed by atoms with Gasteiger partial charge in [-0.1, -0.05) is 0 Å². The number of carbonyl (C=O) groups is 2. The van der Waals surface area contributed by atoms with Gasteiger partial charge in [-0.15, -0.1) is 0 Å². The van der Waals surface area contributed by atoms with E-state index in [0.29, 0.717) is 19.1 Å². The number of hydrogen-bond donors (Lipinski definition) is 1. The number of carboxylic acids is 1. The van der Waals surface area contributed by atoms with E-state index in [0.717, 1.165) is 18.4 Å². The Morgan fingerprint density at radius 3 is 2.70 bits per heavy atom. The number of carboxylic acid groups (broad SMARTS) is 1. The van der Waals surface area contributed by atoms with E-state index in [2.05, 4.69) is 5.38 Å². The summed E-state index contributed by atoms with van der Waals surface area (Å²) in [6.07, 6.45) is 2.09. The van der Waals surface area contributed by atoms with Gasteiger partial charge >= 0.3 is 12.0 Å². The molecule has 2 amide bonds. The van der Waals surface area contributed by atoms with Crippen molar-refractivity contribution < 1.29 is 14.7 Å². The van der Waals surface area contributed by atoms with Gasteiger partial charge < -0.3 is 14.9 Å². The summed E-state index contributed by atoms with van der Waals surface area (Å²) in [7, 11) is 0. The second kappa shape index (κ2) is 6.74. The van der Waals surface area contributed by atoms with E-state index < -0.39 is 5.97 Å². The lowest BCUT2D eigenvalue weighted by Crippen LogP contribution is -2.44. The van der Waals surface area contributed by atoms with Crippen LogP contribution in [0.4, 0.5) is 4.79 Å². The zero-order valence-corrected chi connectivity index (χ0v) is 12.4. The monoisotopic (exact) mass is 296 g/mol. The number of hydrogen-bond acceptors (Lipinski definition) is 3. The molecule has 0 radical (unpaired) electrons. The van der Waals surface area contributed by atoms with Gasteiger partial charge in [-0.05, 0) is 42.2 Å². The van der Waals surface area contributed by atoms with E-state index in [1.165, 1.54) is 0 Å². The first-order valence-corrected chi connectivity index (χ1v) is 7.84. The van der Waals surface area contributed by atoms with Crippen LogP contribution in [0.5, 0.6) is 0 Å². The molecule has 0 aliphatic heterocycles. The summed E-state index contributed by atoms with van der Waals surface area (Å²) in [4.78, 5) is 26.7. The predicted octanol–water partition coefficient (Wildman–Crippen LogP) is 2.63. The Labute approximate surface area is 122 Å². The average Bonchev–Trinajstić information content (AvgIpc) is 3.13. The quantitative estimate of drug-likeness (QED) is 0.841. The first-order valence-electron chi connectivity index (χ1n) is 6.90. The standard InChI is InChI=1S/C14H20N2O3S/c1-2-15(7-5-13(17)18)14(19)16(12-3-4-12)9-11-6-8-20-10-11/h6,8,10,12H,2-5,7,9H2,1H3,(H,17,18). The van der Waals surface area contributed by atoms with Crippen molar-refractivity contribution in [2.75, 3.05) is 13.1 Å². The lowest BCUT2D eigenvalue weighted by molar-refractivity contribution is -0.137. The summed E-state index contributed by atoms with van der Waals surface area (Å²) in [5, 5.41) is 12.8. The first-order chi connectivity index (χ1) is 9.61. The van der Waals surface area contributed by atoms with Gasteiger partial charge in [0.2, 0.25) is 0 Å². The van der Waals surface area contributed by atoms with Crippen molar-refractivity contribution in [2.24, 2.45) is 0 Å². The normalized spacial score (nSPS) is 14.1. The Hall–Kier alpha value is -1.56. The minimum Gasteiger partial charge on any atom is -0.481 e. The number of aliphatic carboxylic acids is 1. The van der Waals surface area contributed by atoms with Crippen LogP contribution in [0.3, 0.4) is 0 Å². The molecule has 1 aliphatic carbocycles. The Morgan fingerprint density at radius 1 is 1.45 bits per heavy atom. The highest BCUT2D eigenvalue weighted by molar-refractivity contribution is 7.07. The number of nitrogens with zero attached hydrogens (tertiary/aromatic N) is 2. The van der Waals surface area contributed by atoms with Gasteiger partial charge in [-0.2, -0.15) is 11.3 Å². The maximum absolute atomic E-state index is 12.6.